The predicted octanol–water partition coefficient (Wildman–Crippen LogP) is 8.10. The van der Waals surface area contributed by atoms with Crippen LogP contribution in [0.15, 0.2) is 54.8 Å². The number of nitrogens with one attached hydrogen (secondary N) is 1. The van der Waals surface area contributed by atoms with Crippen LogP contribution in [0.1, 0.15) is 65.0 Å². The molecule has 6 nitrogen and oxygen atoms in total. The Morgan fingerprint density at radius 3 is 2.50 bits per heavy atom. The highest BCUT2D eigenvalue weighted by atomic mass is 19.4. The van der Waals surface area contributed by atoms with E-state index in [1.165, 1.54) is 24.3 Å². The molecular weight excluding hydrogens is 519 g/mol. The zero-order chi connectivity index (χ0) is 29.3. The van der Waals surface area contributed by atoms with Crippen molar-refractivity contribution in [2.75, 3.05) is 12.4 Å². The van der Waals surface area contributed by atoms with Gasteiger partial charge in [-0.2, -0.15) is 0 Å². The smallest absolute Gasteiger partial charge is 0.496 e. The molecule has 0 bridgehead atoms. The molecule has 2 atom stereocenters. The van der Waals surface area contributed by atoms with Gasteiger partial charge in [0, 0.05) is 17.8 Å². The lowest BCUT2D eigenvalue weighted by molar-refractivity contribution is -0.274. The van der Waals surface area contributed by atoms with Crippen LogP contribution in [0.2, 0.25) is 0 Å². The number of benzene rings is 2. The van der Waals surface area contributed by atoms with E-state index in [0.717, 1.165) is 41.6 Å². The summed E-state index contributed by atoms with van der Waals surface area (Å²) < 4.78 is 49.9. The van der Waals surface area contributed by atoms with Gasteiger partial charge < -0.3 is 24.5 Å². The van der Waals surface area contributed by atoms with Crippen molar-refractivity contribution >= 4 is 22.7 Å². The second-order valence-corrected chi connectivity index (χ2v) is 12.1. The second-order valence-electron chi connectivity index (χ2n) is 12.1. The van der Waals surface area contributed by atoms with Gasteiger partial charge in [-0.05, 0) is 99.3 Å². The molecule has 2 N–H and O–H groups in total. The number of methoxy groups -OCH3 is 1. The predicted molar refractivity (Wildman–Crippen MR) is 151 cm³/mol. The fourth-order valence-electron chi connectivity index (χ4n) is 5.76. The number of aromatic nitrogens is 2. The van der Waals surface area contributed by atoms with Gasteiger partial charge in [-0.25, -0.2) is 4.98 Å². The Bertz CT molecular complexity index is 1380. The van der Waals surface area contributed by atoms with Gasteiger partial charge in [0.05, 0.1) is 23.7 Å². The summed E-state index contributed by atoms with van der Waals surface area (Å²) in [7, 11) is 1.63. The van der Waals surface area contributed by atoms with Gasteiger partial charge in [-0.3, -0.25) is 0 Å². The van der Waals surface area contributed by atoms with Gasteiger partial charge in [0.25, 0.3) is 0 Å². The summed E-state index contributed by atoms with van der Waals surface area (Å²) in [5, 5.41) is 13.6. The van der Waals surface area contributed by atoms with Crippen LogP contribution in [0.3, 0.4) is 0 Å². The summed E-state index contributed by atoms with van der Waals surface area (Å²) >= 11 is 0. The fraction of sp³-hybridized carbons (Fsp3) is 0.484. The molecule has 1 aliphatic carbocycles. The lowest BCUT2D eigenvalue weighted by atomic mass is 9.70. The van der Waals surface area contributed by atoms with Gasteiger partial charge in [0.1, 0.15) is 11.5 Å². The van der Waals surface area contributed by atoms with E-state index in [0.29, 0.717) is 30.4 Å². The van der Waals surface area contributed by atoms with Crippen LogP contribution in [-0.4, -0.2) is 33.7 Å². The first-order chi connectivity index (χ1) is 18.7. The number of halogens is 3. The Balaban J connectivity index is 1.79. The number of anilines is 2. The Morgan fingerprint density at radius 1 is 1.20 bits per heavy atom. The van der Waals surface area contributed by atoms with Gasteiger partial charge in [-0.15, -0.1) is 18.9 Å². The van der Waals surface area contributed by atoms with Gasteiger partial charge in [0.15, 0.2) is 0 Å². The average Bonchev–Trinajstić information content (AvgIpc) is 3.17. The van der Waals surface area contributed by atoms with Gasteiger partial charge in [0.2, 0.25) is 5.95 Å². The Labute approximate surface area is 233 Å². The van der Waals surface area contributed by atoms with Crippen LogP contribution in [0, 0.1) is 11.3 Å². The molecule has 1 aliphatic rings. The summed E-state index contributed by atoms with van der Waals surface area (Å²) in [5.41, 5.74) is 5.38. The van der Waals surface area contributed by atoms with Crippen LogP contribution in [-0.2, 0) is 6.42 Å². The minimum atomic E-state index is -4.75. The van der Waals surface area contributed by atoms with E-state index in [4.69, 9.17) is 9.72 Å². The molecule has 2 aromatic carbocycles. The van der Waals surface area contributed by atoms with Crippen molar-refractivity contribution in [2.24, 2.45) is 11.3 Å². The molecule has 4 rings (SSSR count). The average molecular weight is 558 g/mol. The number of fused-ring (bicyclic) bond motifs is 1. The van der Waals surface area contributed by atoms with E-state index in [1.54, 1.807) is 21.0 Å². The SMILES string of the molecule is C=C=CC1C[C@H](n2c(Nc3ccc(OC(F)(F)F)cc3)nc3cc(CCC(C)(C)O)c(OC)cc32)CC(C)(C)C1. The number of allylic oxidation sites excluding steroid dienone is 1. The molecule has 0 radical (unpaired) electrons. The van der Waals surface area contributed by atoms with E-state index >= 15 is 0 Å². The zero-order valence-electron chi connectivity index (χ0n) is 23.7. The molecule has 0 saturated heterocycles. The fourth-order valence-corrected chi connectivity index (χ4v) is 5.76. The van der Waals surface area contributed by atoms with Crippen LogP contribution >= 0.6 is 0 Å². The number of aliphatic hydroxyl groups is 1. The molecule has 1 heterocycles. The van der Waals surface area contributed by atoms with E-state index in [-0.39, 0.29) is 17.2 Å². The van der Waals surface area contributed by atoms with E-state index in [2.05, 4.69) is 40.8 Å². The quantitative estimate of drug-likeness (QED) is 0.260. The van der Waals surface area contributed by atoms with Gasteiger partial charge >= 0.3 is 6.36 Å². The van der Waals surface area contributed by atoms with E-state index in [9.17, 15) is 18.3 Å². The third-order valence-corrected chi connectivity index (χ3v) is 7.34. The third kappa shape index (κ3) is 7.40. The van der Waals surface area contributed by atoms with E-state index in [1.807, 2.05) is 18.2 Å². The molecule has 9 heteroatoms. The Morgan fingerprint density at radius 2 is 1.90 bits per heavy atom. The summed E-state index contributed by atoms with van der Waals surface area (Å²) in [6.07, 6.45) is 1.25. The molecule has 1 aromatic heterocycles. The van der Waals surface area contributed by atoms with Crippen molar-refractivity contribution in [3.8, 4) is 11.5 Å². The van der Waals surface area contributed by atoms with Crippen LogP contribution in [0.4, 0.5) is 24.8 Å². The van der Waals surface area contributed by atoms with Gasteiger partial charge in [-0.1, -0.05) is 20.4 Å². The number of alkyl halides is 3. The maximum absolute atomic E-state index is 12.6. The second kappa shape index (κ2) is 11.2. The summed E-state index contributed by atoms with van der Waals surface area (Å²) in [4.78, 5) is 4.95. The van der Waals surface area contributed by atoms with Crippen LogP contribution < -0.4 is 14.8 Å². The van der Waals surface area contributed by atoms with Crippen molar-refractivity contribution in [3.05, 3.63) is 60.3 Å². The lowest BCUT2D eigenvalue weighted by Crippen LogP contribution is -2.30. The lowest BCUT2D eigenvalue weighted by Gasteiger charge is -2.40. The normalized spacial score (nSPS) is 19.2. The number of hydrogen-bond acceptors (Lipinski definition) is 5. The molecule has 1 unspecified atom stereocenters. The van der Waals surface area contributed by atoms with E-state index < -0.39 is 12.0 Å². The number of imidazole rings is 1. The number of aryl methyl sites for hydroxylation is 1. The zero-order valence-corrected chi connectivity index (χ0v) is 23.7. The van der Waals surface area contributed by atoms with Crippen LogP contribution in [0.5, 0.6) is 11.5 Å². The standard InChI is InChI=1S/C31H38F3N3O3/c1-7-8-20-15-23(19-29(2,3)18-20)37-26-17-27(39-6)21(13-14-30(4,5)38)16-25(26)36-28(37)35-22-9-11-24(12-10-22)40-31(32,33)34/h8-12,16-17,20,23,38H,1,13-15,18-19H2,2-6H3,(H,35,36)/t20?,23-/m0/s1. The summed E-state index contributed by atoms with van der Waals surface area (Å²) in [6, 6.07) is 9.70. The number of rotatable bonds is 9. The number of hydrogen-bond donors (Lipinski definition) is 2. The monoisotopic (exact) mass is 557 g/mol. The molecule has 0 spiro atoms. The Hall–Kier alpha value is -3.42. The molecule has 1 saturated carbocycles. The van der Waals surface area contributed by atoms with Crippen molar-refractivity contribution in [1.82, 2.24) is 9.55 Å². The first-order valence-corrected chi connectivity index (χ1v) is 13.5. The van der Waals surface area contributed by atoms with Crippen molar-refractivity contribution in [2.45, 2.75) is 77.8 Å². The Kier molecular flexibility index (Phi) is 8.29. The molecule has 1 fully saturated rings. The molecule has 0 amide bonds. The first kappa shape index (κ1) is 29.6. The minimum absolute atomic E-state index is 0.0577. The maximum Gasteiger partial charge on any atom is 0.573 e. The highest BCUT2D eigenvalue weighted by molar-refractivity contribution is 5.83. The molecule has 0 aliphatic heterocycles. The maximum atomic E-state index is 12.6. The summed E-state index contributed by atoms with van der Waals surface area (Å²) in [5.74, 6) is 1.31. The summed E-state index contributed by atoms with van der Waals surface area (Å²) in [6.45, 7) is 11.8. The van der Waals surface area contributed by atoms with Crippen molar-refractivity contribution < 1.29 is 27.8 Å². The molecular formula is C31H38F3N3O3. The number of ether oxygens (including phenoxy) is 2. The van der Waals surface area contributed by atoms with Crippen molar-refractivity contribution in [1.29, 1.82) is 0 Å². The number of nitrogens with zero attached hydrogens (tertiary/aromatic N) is 2. The largest absolute Gasteiger partial charge is 0.573 e. The first-order valence-electron chi connectivity index (χ1n) is 13.5. The minimum Gasteiger partial charge on any atom is -0.496 e. The highest BCUT2D eigenvalue weighted by Gasteiger charge is 2.36. The van der Waals surface area contributed by atoms with Crippen LogP contribution in [0.25, 0.3) is 11.0 Å². The highest BCUT2D eigenvalue weighted by Crippen LogP contribution is 2.47. The molecule has 216 valence electrons. The topological polar surface area (TPSA) is 68.5 Å². The van der Waals surface area contributed by atoms with Crippen molar-refractivity contribution in [3.63, 3.8) is 0 Å². The third-order valence-electron chi connectivity index (χ3n) is 7.34. The molecule has 3 aromatic rings. The molecule has 40 heavy (non-hydrogen) atoms.